The van der Waals surface area contributed by atoms with Crippen molar-refractivity contribution in [2.24, 2.45) is 0 Å². The molecule has 3 nitrogen and oxygen atoms in total. The number of nitrogens with two attached hydrogens (primary N) is 1. The molecular formula is C14H17BrN2O. The molecule has 0 spiro atoms. The fourth-order valence-corrected chi connectivity index (χ4v) is 2.43. The average molecular weight is 309 g/mol. The van der Waals surface area contributed by atoms with Crippen molar-refractivity contribution >= 4 is 21.6 Å². The second kappa shape index (κ2) is 5.59. The van der Waals surface area contributed by atoms with Crippen LogP contribution in [-0.2, 0) is 13.1 Å². The summed E-state index contributed by atoms with van der Waals surface area (Å²) in [6.07, 6.45) is 1.73. The van der Waals surface area contributed by atoms with Crippen LogP contribution in [0.25, 0.3) is 0 Å². The van der Waals surface area contributed by atoms with Crippen LogP contribution in [0.3, 0.4) is 0 Å². The van der Waals surface area contributed by atoms with Gasteiger partial charge < -0.3 is 10.2 Å². The topological polar surface area (TPSA) is 42.4 Å². The minimum atomic E-state index is 0.777. The molecule has 0 saturated heterocycles. The number of anilines is 1. The predicted molar refractivity (Wildman–Crippen MR) is 77.2 cm³/mol. The van der Waals surface area contributed by atoms with Crippen LogP contribution < -0.4 is 5.73 Å². The summed E-state index contributed by atoms with van der Waals surface area (Å²) in [6, 6.07) is 7.94. The normalized spacial score (nSPS) is 11.1. The van der Waals surface area contributed by atoms with Gasteiger partial charge in [0, 0.05) is 28.8 Å². The number of aryl methyl sites for hydroxylation is 1. The molecule has 2 aromatic rings. The summed E-state index contributed by atoms with van der Waals surface area (Å²) in [4.78, 5) is 2.24. The van der Waals surface area contributed by atoms with Gasteiger partial charge in [0.1, 0.15) is 5.76 Å². The predicted octanol–water partition coefficient (Wildman–Crippen LogP) is 3.56. The lowest BCUT2D eigenvalue weighted by molar-refractivity contribution is 0.316. The van der Waals surface area contributed by atoms with Crippen LogP contribution in [-0.4, -0.2) is 11.9 Å². The fourth-order valence-electron chi connectivity index (χ4n) is 1.90. The summed E-state index contributed by atoms with van der Waals surface area (Å²) >= 11 is 3.54. The summed E-state index contributed by atoms with van der Waals surface area (Å²) in [6.45, 7) is 3.73. The zero-order valence-corrected chi connectivity index (χ0v) is 12.2. The van der Waals surface area contributed by atoms with E-state index < -0.39 is 0 Å². The van der Waals surface area contributed by atoms with Gasteiger partial charge in [-0.25, -0.2) is 0 Å². The van der Waals surface area contributed by atoms with Gasteiger partial charge in [0.05, 0.1) is 6.26 Å². The van der Waals surface area contributed by atoms with Gasteiger partial charge in [-0.15, -0.1) is 0 Å². The average Bonchev–Trinajstić information content (AvgIpc) is 2.69. The lowest BCUT2D eigenvalue weighted by Gasteiger charge is -2.17. The molecular weight excluding hydrogens is 292 g/mol. The molecule has 0 aliphatic heterocycles. The van der Waals surface area contributed by atoms with Crippen molar-refractivity contribution < 1.29 is 4.42 Å². The molecule has 1 aromatic carbocycles. The Balaban J connectivity index is 2.03. The molecule has 0 fully saturated rings. The molecule has 0 aliphatic rings. The summed E-state index contributed by atoms with van der Waals surface area (Å²) < 4.78 is 6.36. The van der Waals surface area contributed by atoms with Gasteiger partial charge in [0.25, 0.3) is 0 Å². The molecule has 4 heteroatoms. The van der Waals surface area contributed by atoms with E-state index >= 15 is 0 Å². The Morgan fingerprint density at radius 3 is 2.56 bits per heavy atom. The summed E-state index contributed by atoms with van der Waals surface area (Å²) in [5.41, 5.74) is 8.96. The quantitative estimate of drug-likeness (QED) is 0.878. The summed E-state index contributed by atoms with van der Waals surface area (Å²) in [5.74, 6) is 0.984. The van der Waals surface area contributed by atoms with Crippen LogP contribution in [0.15, 0.2) is 39.4 Å². The van der Waals surface area contributed by atoms with E-state index in [4.69, 9.17) is 10.2 Å². The van der Waals surface area contributed by atoms with E-state index in [0.717, 1.165) is 29.0 Å². The van der Waals surface area contributed by atoms with Gasteiger partial charge in [-0.3, -0.25) is 4.90 Å². The Hall–Kier alpha value is -1.26. The molecule has 0 unspecified atom stereocenters. The number of nitrogens with zero attached hydrogens (tertiary/aromatic N) is 1. The molecule has 96 valence electrons. The van der Waals surface area contributed by atoms with E-state index in [1.54, 1.807) is 6.26 Å². The standard InChI is InChI=1S/C14H17BrN2O/c1-10-11(5-6-18-10)8-17(2)9-12-3-4-13(16)7-14(12)15/h3-7H,8-9,16H2,1-2H3. The molecule has 0 bridgehead atoms. The first-order valence-corrected chi connectivity index (χ1v) is 6.61. The SMILES string of the molecule is Cc1occc1CN(C)Cc1ccc(N)cc1Br. The number of halogens is 1. The Morgan fingerprint density at radius 1 is 1.22 bits per heavy atom. The van der Waals surface area contributed by atoms with Crippen LogP contribution in [0, 0.1) is 6.92 Å². The van der Waals surface area contributed by atoms with Crippen LogP contribution in [0.1, 0.15) is 16.9 Å². The number of furan rings is 1. The molecule has 1 heterocycles. The maximum atomic E-state index is 5.73. The molecule has 0 radical (unpaired) electrons. The molecule has 2 N–H and O–H groups in total. The lowest BCUT2D eigenvalue weighted by Crippen LogP contribution is -2.17. The number of rotatable bonds is 4. The van der Waals surface area contributed by atoms with Crippen LogP contribution in [0.4, 0.5) is 5.69 Å². The zero-order valence-electron chi connectivity index (χ0n) is 10.6. The van der Waals surface area contributed by atoms with Gasteiger partial charge >= 0.3 is 0 Å². The first-order chi connectivity index (χ1) is 8.56. The molecule has 18 heavy (non-hydrogen) atoms. The summed E-state index contributed by atoms with van der Waals surface area (Å²) in [5, 5.41) is 0. The molecule has 2 rings (SSSR count). The third kappa shape index (κ3) is 3.15. The first kappa shape index (κ1) is 13.2. The Kier molecular flexibility index (Phi) is 4.09. The van der Waals surface area contributed by atoms with Crippen molar-refractivity contribution in [3.63, 3.8) is 0 Å². The highest BCUT2D eigenvalue weighted by molar-refractivity contribution is 9.10. The minimum absolute atomic E-state index is 0.777. The highest BCUT2D eigenvalue weighted by atomic mass is 79.9. The first-order valence-electron chi connectivity index (χ1n) is 5.81. The Labute approximate surface area is 116 Å². The van der Waals surface area contributed by atoms with Crippen LogP contribution >= 0.6 is 15.9 Å². The highest BCUT2D eigenvalue weighted by Crippen LogP contribution is 2.22. The Bertz CT molecular complexity index is 536. The summed E-state index contributed by atoms with van der Waals surface area (Å²) in [7, 11) is 2.09. The van der Waals surface area contributed by atoms with Crippen LogP contribution in [0.5, 0.6) is 0 Å². The molecule has 0 saturated carbocycles. The maximum Gasteiger partial charge on any atom is 0.105 e. The third-order valence-electron chi connectivity index (χ3n) is 2.92. The largest absolute Gasteiger partial charge is 0.469 e. The van der Waals surface area contributed by atoms with Crippen molar-refractivity contribution in [3.05, 3.63) is 51.9 Å². The van der Waals surface area contributed by atoms with E-state index in [0.29, 0.717) is 0 Å². The lowest BCUT2D eigenvalue weighted by atomic mass is 10.2. The monoisotopic (exact) mass is 308 g/mol. The van der Waals surface area contributed by atoms with Gasteiger partial charge in [0.2, 0.25) is 0 Å². The maximum absolute atomic E-state index is 5.73. The number of nitrogen functional groups attached to an aromatic ring is 1. The van der Waals surface area contributed by atoms with Crippen molar-refractivity contribution in [2.75, 3.05) is 12.8 Å². The van der Waals surface area contributed by atoms with Gasteiger partial charge in [-0.2, -0.15) is 0 Å². The van der Waals surface area contributed by atoms with E-state index in [9.17, 15) is 0 Å². The molecule has 0 amide bonds. The third-order valence-corrected chi connectivity index (χ3v) is 3.66. The van der Waals surface area contributed by atoms with E-state index in [-0.39, 0.29) is 0 Å². The van der Waals surface area contributed by atoms with E-state index in [1.807, 2.05) is 25.1 Å². The fraction of sp³-hybridized carbons (Fsp3) is 0.286. The van der Waals surface area contributed by atoms with Crippen LogP contribution in [0.2, 0.25) is 0 Å². The van der Waals surface area contributed by atoms with Gasteiger partial charge in [0.15, 0.2) is 0 Å². The second-order valence-electron chi connectivity index (χ2n) is 4.53. The van der Waals surface area contributed by atoms with Crippen molar-refractivity contribution in [2.45, 2.75) is 20.0 Å². The Morgan fingerprint density at radius 2 is 1.94 bits per heavy atom. The molecule has 0 atom stereocenters. The number of benzene rings is 1. The van der Waals surface area contributed by atoms with Crippen molar-refractivity contribution in [1.82, 2.24) is 4.90 Å². The number of hydrogen-bond acceptors (Lipinski definition) is 3. The smallest absolute Gasteiger partial charge is 0.105 e. The second-order valence-corrected chi connectivity index (χ2v) is 5.38. The highest BCUT2D eigenvalue weighted by Gasteiger charge is 2.08. The molecule has 1 aromatic heterocycles. The minimum Gasteiger partial charge on any atom is -0.469 e. The van der Waals surface area contributed by atoms with Gasteiger partial charge in [-0.1, -0.05) is 22.0 Å². The van der Waals surface area contributed by atoms with Crippen molar-refractivity contribution in [3.8, 4) is 0 Å². The van der Waals surface area contributed by atoms with E-state index in [1.165, 1.54) is 11.1 Å². The van der Waals surface area contributed by atoms with Crippen molar-refractivity contribution in [1.29, 1.82) is 0 Å². The zero-order chi connectivity index (χ0) is 13.1. The number of hydrogen-bond donors (Lipinski definition) is 1. The van der Waals surface area contributed by atoms with E-state index in [2.05, 4.69) is 33.9 Å². The molecule has 0 aliphatic carbocycles. The van der Waals surface area contributed by atoms with Gasteiger partial charge in [-0.05, 0) is 37.7 Å².